The van der Waals surface area contributed by atoms with Gasteiger partial charge in [0.2, 0.25) is 0 Å². The number of nitrogens with two attached hydrogens (primary N) is 1. The summed E-state index contributed by atoms with van der Waals surface area (Å²) in [4.78, 5) is 6.91. The first-order valence-corrected chi connectivity index (χ1v) is 8.07. The van der Waals surface area contributed by atoms with E-state index in [0.717, 1.165) is 18.7 Å². The van der Waals surface area contributed by atoms with Gasteiger partial charge < -0.3 is 15.8 Å². The van der Waals surface area contributed by atoms with Crippen LogP contribution in [0.15, 0.2) is 29.3 Å². The predicted octanol–water partition coefficient (Wildman–Crippen LogP) is 2.34. The summed E-state index contributed by atoms with van der Waals surface area (Å²) in [5, 5.41) is 3.26. The van der Waals surface area contributed by atoms with Crippen LogP contribution in [0.1, 0.15) is 30.9 Å². The maximum absolute atomic E-state index is 5.96. The molecule has 1 unspecified atom stereocenters. The molecule has 0 aromatic heterocycles. The summed E-state index contributed by atoms with van der Waals surface area (Å²) < 4.78 is 5.10. The lowest BCUT2D eigenvalue weighted by atomic mass is 10.1. The Kier molecular flexibility index (Phi) is 9.50. The number of guanidine groups is 1. The molecule has 0 aliphatic carbocycles. The van der Waals surface area contributed by atoms with Crippen LogP contribution in [0.4, 0.5) is 0 Å². The van der Waals surface area contributed by atoms with E-state index in [0.29, 0.717) is 25.2 Å². The molecular formula is C17H29IN4O. The van der Waals surface area contributed by atoms with Crippen LogP contribution < -0.4 is 11.1 Å². The Labute approximate surface area is 156 Å². The number of methoxy groups -OCH3 is 1. The highest BCUT2D eigenvalue weighted by molar-refractivity contribution is 14.0. The van der Waals surface area contributed by atoms with Crippen molar-refractivity contribution >= 4 is 29.9 Å². The van der Waals surface area contributed by atoms with Crippen molar-refractivity contribution in [2.24, 2.45) is 10.7 Å². The molecule has 3 N–H and O–H groups in total. The monoisotopic (exact) mass is 432 g/mol. The lowest BCUT2D eigenvalue weighted by Crippen LogP contribution is -2.42. The lowest BCUT2D eigenvalue weighted by molar-refractivity contribution is 0.185. The van der Waals surface area contributed by atoms with Crippen LogP contribution in [-0.2, 0) is 17.9 Å². The van der Waals surface area contributed by atoms with E-state index in [1.807, 2.05) is 0 Å². The average molecular weight is 432 g/mol. The molecule has 1 aliphatic heterocycles. The van der Waals surface area contributed by atoms with E-state index in [9.17, 15) is 0 Å². The maximum Gasteiger partial charge on any atom is 0.188 e. The number of hydrogen-bond acceptors (Lipinski definition) is 3. The second-order valence-corrected chi connectivity index (χ2v) is 5.76. The summed E-state index contributed by atoms with van der Waals surface area (Å²) >= 11 is 0. The summed E-state index contributed by atoms with van der Waals surface area (Å²) in [6.07, 6.45) is 2.53. The fourth-order valence-corrected chi connectivity index (χ4v) is 2.90. The SMILES string of the molecule is CCN1CCCC1CNC(N)=NCc1ccc(COC)cc1.I. The Bertz CT molecular complexity index is 478. The summed E-state index contributed by atoms with van der Waals surface area (Å²) in [5.74, 6) is 0.531. The van der Waals surface area contributed by atoms with Crippen LogP contribution >= 0.6 is 24.0 Å². The molecule has 6 heteroatoms. The van der Waals surface area contributed by atoms with Crippen molar-refractivity contribution in [3.05, 3.63) is 35.4 Å². The zero-order chi connectivity index (χ0) is 15.8. The van der Waals surface area contributed by atoms with Gasteiger partial charge in [-0.1, -0.05) is 31.2 Å². The highest BCUT2D eigenvalue weighted by atomic mass is 127. The van der Waals surface area contributed by atoms with Gasteiger partial charge in [0.15, 0.2) is 5.96 Å². The maximum atomic E-state index is 5.96. The van der Waals surface area contributed by atoms with Gasteiger partial charge in [0, 0.05) is 19.7 Å². The zero-order valence-electron chi connectivity index (χ0n) is 14.1. The largest absolute Gasteiger partial charge is 0.380 e. The number of aliphatic imine (C=N–C) groups is 1. The minimum atomic E-state index is 0. The van der Waals surface area contributed by atoms with Crippen molar-refractivity contribution in [3.8, 4) is 0 Å². The normalized spacial score (nSPS) is 18.7. The van der Waals surface area contributed by atoms with Gasteiger partial charge in [0.05, 0.1) is 13.2 Å². The molecule has 0 spiro atoms. The quantitative estimate of drug-likeness (QED) is 0.395. The van der Waals surface area contributed by atoms with Crippen LogP contribution in [0.5, 0.6) is 0 Å². The highest BCUT2D eigenvalue weighted by Crippen LogP contribution is 2.15. The number of likely N-dealkylation sites (tertiary alicyclic amines) is 1. The van der Waals surface area contributed by atoms with E-state index in [1.165, 1.54) is 24.9 Å². The lowest BCUT2D eigenvalue weighted by Gasteiger charge is -2.23. The molecule has 1 fully saturated rings. The van der Waals surface area contributed by atoms with Gasteiger partial charge in [0.25, 0.3) is 0 Å². The molecule has 0 amide bonds. The van der Waals surface area contributed by atoms with Crippen LogP contribution in [0, 0.1) is 0 Å². The fraction of sp³-hybridized carbons (Fsp3) is 0.588. The van der Waals surface area contributed by atoms with E-state index in [4.69, 9.17) is 10.5 Å². The molecule has 1 saturated heterocycles. The Balaban J connectivity index is 0.00000264. The third-order valence-electron chi connectivity index (χ3n) is 4.19. The third-order valence-corrected chi connectivity index (χ3v) is 4.19. The highest BCUT2D eigenvalue weighted by Gasteiger charge is 2.22. The summed E-state index contributed by atoms with van der Waals surface area (Å²) in [6, 6.07) is 8.86. The minimum absolute atomic E-state index is 0. The molecule has 2 rings (SSSR count). The van der Waals surface area contributed by atoms with E-state index >= 15 is 0 Å². The van der Waals surface area contributed by atoms with E-state index in [-0.39, 0.29) is 24.0 Å². The van der Waals surface area contributed by atoms with E-state index in [1.54, 1.807) is 7.11 Å². The van der Waals surface area contributed by atoms with Crippen molar-refractivity contribution < 1.29 is 4.74 Å². The van der Waals surface area contributed by atoms with Crippen molar-refractivity contribution in [1.82, 2.24) is 10.2 Å². The van der Waals surface area contributed by atoms with Gasteiger partial charge in [-0.3, -0.25) is 4.90 Å². The van der Waals surface area contributed by atoms with Gasteiger partial charge in [-0.25, -0.2) is 4.99 Å². The number of likely N-dealkylation sites (N-methyl/N-ethyl adjacent to an activating group) is 1. The van der Waals surface area contributed by atoms with Gasteiger partial charge >= 0.3 is 0 Å². The van der Waals surface area contributed by atoms with Crippen LogP contribution in [0.2, 0.25) is 0 Å². The molecule has 5 nitrogen and oxygen atoms in total. The standard InChI is InChI=1S/C17H28N4O.HI/c1-3-21-10-4-5-16(21)12-20-17(18)19-11-14-6-8-15(9-7-14)13-22-2;/h6-9,16H,3-5,10-13H2,1-2H3,(H3,18,19,20);1H. The van der Waals surface area contributed by atoms with Gasteiger partial charge in [-0.2, -0.15) is 0 Å². The molecule has 0 radical (unpaired) electrons. The second kappa shape index (κ2) is 10.8. The number of halogens is 1. The van der Waals surface area contributed by atoms with Crippen LogP contribution in [0.25, 0.3) is 0 Å². The number of ether oxygens (including phenoxy) is 1. The first kappa shape index (κ1) is 20.2. The second-order valence-electron chi connectivity index (χ2n) is 5.76. The molecule has 0 saturated carbocycles. The molecule has 23 heavy (non-hydrogen) atoms. The number of hydrogen-bond donors (Lipinski definition) is 2. The minimum Gasteiger partial charge on any atom is -0.380 e. The van der Waals surface area contributed by atoms with Crippen molar-refractivity contribution in [3.63, 3.8) is 0 Å². The number of nitrogens with zero attached hydrogens (tertiary/aromatic N) is 2. The Morgan fingerprint density at radius 3 is 2.70 bits per heavy atom. The molecule has 1 aromatic rings. The Morgan fingerprint density at radius 2 is 2.04 bits per heavy atom. The smallest absolute Gasteiger partial charge is 0.188 e. The number of rotatable bonds is 7. The van der Waals surface area contributed by atoms with Gasteiger partial charge in [-0.15, -0.1) is 24.0 Å². The molecule has 0 bridgehead atoms. The number of nitrogens with one attached hydrogen (secondary N) is 1. The van der Waals surface area contributed by atoms with Crippen molar-refractivity contribution in [2.75, 3.05) is 26.7 Å². The molecule has 1 aliphatic rings. The Hall–Kier alpha value is -0.860. The predicted molar refractivity (Wildman–Crippen MR) is 106 cm³/mol. The third kappa shape index (κ3) is 6.64. The fourth-order valence-electron chi connectivity index (χ4n) is 2.90. The van der Waals surface area contributed by atoms with Crippen molar-refractivity contribution in [2.45, 2.75) is 39.0 Å². The van der Waals surface area contributed by atoms with E-state index in [2.05, 4.69) is 46.4 Å². The van der Waals surface area contributed by atoms with Crippen LogP contribution in [-0.4, -0.2) is 43.6 Å². The van der Waals surface area contributed by atoms with Gasteiger partial charge in [-0.05, 0) is 37.1 Å². The Morgan fingerprint density at radius 1 is 1.35 bits per heavy atom. The molecule has 1 heterocycles. The first-order chi connectivity index (χ1) is 10.7. The van der Waals surface area contributed by atoms with Crippen molar-refractivity contribution in [1.29, 1.82) is 0 Å². The molecule has 1 atom stereocenters. The van der Waals surface area contributed by atoms with Gasteiger partial charge in [0.1, 0.15) is 0 Å². The molecular weight excluding hydrogens is 403 g/mol. The van der Waals surface area contributed by atoms with Crippen LogP contribution in [0.3, 0.4) is 0 Å². The summed E-state index contributed by atoms with van der Waals surface area (Å²) in [7, 11) is 1.70. The van der Waals surface area contributed by atoms with E-state index < -0.39 is 0 Å². The summed E-state index contributed by atoms with van der Waals surface area (Å²) in [5.41, 5.74) is 8.29. The summed E-state index contributed by atoms with van der Waals surface area (Å²) in [6.45, 7) is 6.65. The zero-order valence-corrected chi connectivity index (χ0v) is 16.5. The molecule has 130 valence electrons. The topological polar surface area (TPSA) is 62.9 Å². The average Bonchev–Trinajstić information content (AvgIpc) is 3.00. The number of benzene rings is 1. The molecule has 1 aromatic carbocycles. The first-order valence-electron chi connectivity index (χ1n) is 8.07.